The second-order valence-electron chi connectivity index (χ2n) is 9.87. The van der Waals surface area contributed by atoms with Gasteiger partial charge in [-0.2, -0.15) is 0 Å². The van der Waals surface area contributed by atoms with Crippen LogP contribution in [0.2, 0.25) is 0 Å². The number of carbonyl (C=O) groups excluding carboxylic acids is 3. The van der Waals surface area contributed by atoms with Crippen LogP contribution in [-0.4, -0.2) is 74.6 Å². The highest BCUT2D eigenvalue weighted by molar-refractivity contribution is 5.94. The Labute approximate surface area is 233 Å². The molecule has 220 valence electrons. The van der Waals surface area contributed by atoms with Crippen LogP contribution in [0.5, 0.6) is 5.75 Å². The topological polar surface area (TPSA) is 226 Å². The highest BCUT2D eigenvalue weighted by atomic mass is 16.4. The standard InChI is InChI=1S/C27H41N7O6/c1-3-16(2)23(27(39)40)34-26(38)22(12-17-7-9-19(35)10-8-17)33-25(37)21(6-4-5-11-28)32-24(36)20(29)13-18-14-30-15-31-18/h7-10,14-16,20-23,35H,3-6,11-13,28-29H2,1-2H3,(H,30,31)(H,32,36)(H,33,37)(H,34,38)(H,39,40). The maximum absolute atomic E-state index is 13.4. The Kier molecular flexibility index (Phi) is 13.1. The van der Waals surface area contributed by atoms with E-state index in [2.05, 4.69) is 25.9 Å². The number of carboxylic acid groups (broad SMARTS) is 1. The first-order chi connectivity index (χ1) is 19.0. The fourth-order valence-electron chi connectivity index (χ4n) is 4.05. The van der Waals surface area contributed by atoms with E-state index in [1.807, 2.05) is 6.92 Å². The van der Waals surface area contributed by atoms with Crippen LogP contribution < -0.4 is 27.4 Å². The minimum absolute atomic E-state index is 0.0213. The number of unbranched alkanes of at least 4 members (excludes halogenated alkanes) is 1. The summed E-state index contributed by atoms with van der Waals surface area (Å²) in [5.41, 5.74) is 12.9. The number of nitrogens with zero attached hydrogens (tertiary/aromatic N) is 1. The van der Waals surface area contributed by atoms with Gasteiger partial charge in [-0.15, -0.1) is 0 Å². The van der Waals surface area contributed by atoms with Crippen molar-refractivity contribution < 1.29 is 29.4 Å². The molecule has 0 saturated carbocycles. The molecule has 0 spiro atoms. The van der Waals surface area contributed by atoms with E-state index in [4.69, 9.17) is 11.5 Å². The maximum Gasteiger partial charge on any atom is 0.326 e. The Morgan fingerprint density at radius 1 is 0.975 bits per heavy atom. The van der Waals surface area contributed by atoms with Gasteiger partial charge in [0.15, 0.2) is 0 Å². The van der Waals surface area contributed by atoms with Crippen molar-refractivity contribution in [1.29, 1.82) is 0 Å². The highest BCUT2D eigenvalue weighted by Crippen LogP contribution is 2.14. The number of imidazole rings is 1. The number of phenolic OH excluding ortho intramolecular Hbond substituents is 1. The molecule has 0 fully saturated rings. The van der Waals surface area contributed by atoms with E-state index in [0.717, 1.165) is 0 Å². The quantitative estimate of drug-likeness (QED) is 0.121. The summed E-state index contributed by atoms with van der Waals surface area (Å²) in [5.74, 6) is -3.36. The summed E-state index contributed by atoms with van der Waals surface area (Å²) in [7, 11) is 0. The van der Waals surface area contributed by atoms with Crippen molar-refractivity contribution in [1.82, 2.24) is 25.9 Å². The summed E-state index contributed by atoms with van der Waals surface area (Å²) in [6, 6.07) is 1.82. The molecule has 1 aromatic heterocycles. The number of H-pyrrole nitrogens is 1. The third-order valence-electron chi connectivity index (χ3n) is 6.70. The number of carboxylic acids is 1. The fraction of sp³-hybridized carbons (Fsp3) is 0.519. The SMILES string of the molecule is CCC(C)C(NC(=O)C(Cc1ccc(O)cc1)NC(=O)C(CCCCN)NC(=O)C(N)Cc1cnc[nH]1)C(=O)O. The molecule has 1 heterocycles. The third kappa shape index (κ3) is 10.3. The Hall–Kier alpha value is -3.97. The first-order valence-electron chi connectivity index (χ1n) is 13.4. The molecule has 0 saturated heterocycles. The number of phenols is 1. The van der Waals surface area contributed by atoms with Crippen molar-refractivity contribution in [2.45, 2.75) is 76.5 Å². The normalized spacial score (nSPS) is 14.8. The lowest BCUT2D eigenvalue weighted by atomic mass is 9.98. The Morgan fingerprint density at radius 3 is 2.20 bits per heavy atom. The van der Waals surface area contributed by atoms with Gasteiger partial charge < -0.3 is 42.6 Å². The van der Waals surface area contributed by atoms with E-state index >= 15 is 0 Å². The molecule has 0 radical (unpaired) electrons. The predicted molar refractivity (Wildman–Crippen MR) is 148 cm³/mol. The fourth-order valence-corrected chi connectivity index (χ4v) is 4.05. The molecule has 13 heteroatoms. The summed E-state index contributed by atoms with van der Waals surface area (Å²) in [6.07, 6.45) is 5.15. The van der Waals surface area contributed by atoms with Gasteiger partial charge in [0.05, 0.1) is 12.4 Å². The third-order valence-corrected chi connectivity index (χ3v) is 6.70. The smallest absolute Gasteiger partial charge is 0.326 e. The predicted octanol–water partition coefficient (Wildman–Crippen LogP) is -0.0581. The van der Waals surface area contributed by atoms with Crippen LogP contribution in [0.1, 0.15) is 50.8 Å². The number of aromatic hydroxyl groups is 1. The molecule has 40 heavy (non-hydrogen) atoms. The number of nitrogens with two attached hydrogens (primary N) is 2. The van der Waals surface area contributed by atoms with Gasteiger partial charge in [0.1, 0.15) is 23.9 Å². The number of amides is 3. The van der Waals surface area contributed by atoms with Gasteiger partial charge in [0, 0.05) is 24.7 Å². The van der Waals surface area contributed by atoms with Crippen molar-refractivity contribution in [3.8, 4) is 5.75 Å². The van der Waals surface area contributed by atoms with Crippen LogP contribution >= 0.6 is 0 Å². The van der Waals surface area contributed by atoms with E-state index in [9.17, 15) is 29.4 Å². The van der Waals surface area contributed by atoms with Crippen LogP contribution in [-0.2, 0) is 32.0 Å². The second-order valence-corrected chi connectivity index (χ2v) is 9.87. The van der Waals surface area contributed by atoms with Crippen LogP contribution in [0.25, 0.3) is 0 Å². The summed E-state index contributed by atoms with van der Waals surface area (Å²) >= 11 is 0. The lowest BCUT2D eigenvalue weighted by molar-refractivity contribution is -0.143. The molecule has 10 N–H and O–H groups in total. The molecular weight excluding hydrogens is 518 g/mol. The van der Waals surface area contributed by atoms with E-state index in [1.54, 1.807) is 25.3 Å². The summed E-state index contributed by atoms with van der Waals surface area (Å²) in [4.78, 5) is 58.2. The largest absolute Gasteiger partial charge is 0.508 e. The Morgan fingerprint density at radius 2 is 1.62 bits per heavy atom. The number of nitrogens with one attached hydrogen (secondary N) is 4. The van der Waals surface area contributed by atoms with Gasteiger partial charge in [0.25, 0.3) is 0 Å². The van der Waals surface area contributed by atoms with Gasteiger partial charge >= 0.3 is 5.97 Å². The molecule has 2 rings (SSSR count). The van der Waals surface area contributed by atoms with E-state index in [1.165, 1.54) is 18.5 Å². The molecule has 0 aliphatic rings. The number of rotatable bonds is 17. The average molecular weight is 560 g/mol. The highest BCUT2D eigenvalue weighted by Gasteiger charge is 2.32. The van der Waals surface area contributed by atoms with Gasteiger partial charge in [0.2, 0.25) is 17.7 Å². The number of aliphatic carboxylic acids is 1. The van der Waals surface area contributed by atoms with Crippen molar-refractivity contribution in [3.63, 3.8) is 0 Å². The zero-order chi connectivity index (χ0) is 29.7. The second kappa shape index (κ2) is 16.2. The molecule has 13 nitrogen and oxygen atoms in total. The van der Waals surface area contributed by atoms with Crippen LogP contribution in [0.15, 0.2) is 36.8 Å². The molecule has 2 aromatic rings. The van der Waals surface area contributed by atoms with Crippen molar-refractivity contribution in [2.75, 3.05) is 6.54 Å². The lowest BCUT2D eigenvalue weighted by Gasteiger charge is -2.26. The zero-order valence-electron chi connectivity index (χ0n) is 22.9. The number of aromatic nitrogens is 2. The zero-order valence-corrected chi connectivity index (χ0v) is 22.9. The monoisotopic (exact) mass is 559 g/mol. The summed E-state index contributed by atoms with van der Waals surface area (Å²) in [6.45, 7) is 3.93. The van der Waals surface area contributed by atoms with Crippen LogP contribution in [0.3, 0.4) is 0 Å². The first kappa shape index (κ1) is 32.2. The summed E-state index contributed by atoms with van der Waals surface area (Å²) < 4.78 is 0. The van der Waals surface area contributed by atoms with Crippen molar-refractivity contribution in [2.24, 2.45) is 17.4 Å². The minimum atomic E-state index is -1.18. The van der Waals surface area contributed by atoms with Gasteiger partial charge in [-0.05, 0) is 49.4 Å². The Balaban J connectivity index is 2.23. The van der Waals surface area contributed by atoms with Crippen LogP contribution in [0, 0.1) is 5.92 Å². The van der Waals surface area contributed by atoms with Crippen molar-refractivity contribution >= 4 is 23.7 Å². The Bertz CT molecular complexity index is 1090. The molecule has 0 aliphatic carbocycles. The molecule has 0 aliphatic heterocycles. The molecule has 5 atom stereocenters. The van der Waals surface area contributed by atoms with Crippen molar-refractivity contribution in [3.05, 3.63) is 48.0 Å². The lowest BCUT2D eigenvalue weighted by Crippen LogP contribution is -2.58. The van der Waals surface area contributed by atoms with E-state index in [-0.39, 0.29) is 30.9 Å². The molecule has 3 amide bonds. The molecule has 1 aromatic carbocycles. The number of hydrogen-bond donors (Lipinski definition) is 8. The summed E-state index contributed by atoms with van der Waals surface area (Å²) in [5, 5.41) is 27.2. The number of carbonyl (C=O) groups is 4. The van der Waals surface area contributed by atoms with E-state index in [0.29, 0.717) is 37.1 Å². The van der Waals surface area contributed by atoms with E-state index < -0.39 is 47.9 Å². The molecule has 0 bridgehead atoms. The number of aromatic amines is 1. The molecule has 5 unspecified atom stereocenters. The number of benzene rings is 1. The van der Waals surface area contributed by atoms with Gasteiger partial charge in [-0.1, -0.05) is 32.4 Å². The maximum atomic E-state index is 13.4. The minimum Gasteiger partial charge on any atom is -0.508 e. The van der Waals surface area contributed by atoms with Gasteiger partial charge in [-0.3, -0.25) is 14.4 Å². The van der Waals surface area contributed by atoms with Gasteiger partial charge in [-0.25, -0.2) is 9.78 Å². The number of hydrogen-bond acceptors (Lipinski definition) is 8. The molecular formula is C27H41N7O6. The van der Waals surface area contributed by atoms with Crippen LogP contribution in [0.4, 0.5) is 0 Å². The average Bonchev–Trinajstić information content (AvgIpc) is 3.44. The first-order valence-corrected chi connectivity index (χ1v) is 13.4.